The van der Waals surface area contributed by atoms with Crippen LogP contribution in [0.4, 0.5) is 4.39 Å². The Morgan fingerprint density at radius 3 is 2.81 bits per heavy atom. The van der Waals surface area contributed by atoms with Crippen molar-refractivity contribution in [3.8, 4) is 5.75 Å². The highest BCUT2D eigenvalue weighted by Gasteiger charge is 2.53. The molecule has 1 saturated carbocycles. The van der Waals surface area contributed by atoms with Crippen LogP contribution in [0.3, 0.4) is 0 Å². The van der Waals surface area contributed by atoms with Crippen molar-refractivity contribution in [1.29, 1.82) is 0 Å². The zero-order valence-corrected chi connectivity index (χ0v) is 9.24. The molecule has 1 aromatic carbocycles. The molecule has 1 aliphatic carbocycles. The van der Waals surface area contributed by atoms with Gasteiger partial charge in [-0.1, -0.05) is 6.07 Å². The highest BCUT2D eigenvalue weighted by atomic mass is 19.1. The van der Waals surface area contributed by atoms with E-state index in [1.165, 1.54) is 13.2 Å². The van der Waals surface area contributed by atoms with Crippen LogP contribution < -0.4 is 10.5 Å². The molecule has 3 N–H and O–H groups in total. The fraction of sp³-hybridized carbons (Fsp3) is 0.500. The number of hydrogen-bond acceptors (Lipinski definition) is 3. The van der Waals surface area contributed by atoms with Gasteiger partial charge in [0.25, 0.3) is 0 Å². The molecule has 0 radical (unpaired) electrons. The van der Waals surface area contributed by atoms with E-state index in [4.69, 9.17) is 10.5 Å². The number of aliphatic hydroxyl groups is 1. The summed E-state index contributed by atoms with van der Waals surface area (Å²) in [5, 5.41) is 9.26. The van der Waals surface area contributed by atoms with Crippen LogP contribution in [0.15, 0.2) is 18.2 Å². The van der Waals surface area contributed by atoms with Crippen molar-refractivity contribution in [3.63, 3.8) is 0 Å². The molecule has 1 aliphatic rings. The molecule has 0 bridgehead atoms. The molecule has 0 saturated heterocycles. The number of nitrogens with two attached hydrogens (primary N) is 1. The predicted molar refractivity (Wildman–Crippen MR) is 58.9 cm³/mol. The Bertz CT molecular complexity index is 391. The van der Waals surface area contributed by atoms with Gasteiger partial charge in [-0.05, 0) is 30.0 Å². The molecule has 1 aromatic rings. The second kappa shape index (κ2) is 4.03. The van der Waals surface area contributed by atoms with Gasteiger partial charge in [0.05, 0.1) is 13.7 Å². The Labute approximate surface area is 94.0 Å². The van der Waals surface area contributed by atoms with E-state index in [2.05, 4.69) is 0 Å². The average Bonchev–Trinajstić information content (AvgIpc) is 3.04. The smallest absolute Gasteiger partial charge is 0.165 e. The van der Waals surface area contributed by atoms with E-state index in [1.807, 2.05) is 6.07 Å². The predicted octanol–water partition coefficient (Wildman–Crippen LogP) is 1.26. The number of aliphatic hydroxyl groups excluding tert-OH is 1. The number of rotatable bonds is 4. The summed E-state index contributed by atoms with van der Waals surface area (Å²) in [6, 6.07) is 4.91. The minimum Gasteiger partial charge on any atom is -0.494 e. The number of halogens is 1. The maximum Gasteiger partial charge on any atom is 0.165 e. The van der Waals surface area contributed by atoms with Gasteiger partial charge >= 0.3 is 0 Å². The van der Waals surface area contributed by atoms with E-state index in [0.717, 1.165) is 12.0 Å². The Balaban J connectivity index is 2.21. The van der Waals surface area contributed by atoms with Gasteiger partial charge < -0.3 is 15.6 Å². The van der Waals surface area contributed by atoms with Crippen LogP contribution in [0.25, 0.3) is 0 Å². The summed E-state index contributed by atoms with van der Waals surface area (Å²) in [6.07, 6.45) is 0.825. The molecule has 0 aromatic heterocycles. The number of benzene rings is 1. The number of methoxy groups -OCH3 is 1. The van der Waals surface area contributed by atoms with Crippen molar-refractivity contribution >= 4 is 0 Å². The lowest BCUT2D eigenvalue weighted by Gasteiger charge is -2.11. The first kappa shape index (κ1) is 11.4. The molecule has 0 heterocycles. The first-order valence-corrected chi connectivity index (χ1v) is 5.31. The summed E-state index contributed by atoms with van der Waals surface area (Å²) >= 11 is 0. The molecule has 2 atom stereocenters. The van der Waals surface area contributed by atoms with Gasteiger partial charge in [-0.3, -0.25) is 0 Å². The van der Waals surface area contributed by atoms with Crippen molar-refractivity contribution in [1.82, 2.24) is 0 Å². The summed E-state index contributed by atoms with van der Waals surface area (Å²) < 4.78 is 18.3. The van der Waals surface area contributed by atoms with Gasteiger partial charge in [-0.15, -0.1) is 0 Å². The summed E-state index contributed by atoms with van der Waals surface area (Å²) in [5.74, 6) is 0.0467. The third kappa shape index (κ3) is 1.68. The minimum atomic E-state index is -0.365. The van der Waals surface area contributed by atoms with Crippen LogP contribution in [-0.4, -0.2) is 25.4 Å². The molecular weight excluding hydrogens is 209 g/mol. The first-order valence-electron chi connectivity index (χ1n) is 5.31. The second-order valence-corrected chi connectivity index (χ2v) is 4.38. The lowest BCUT2D eigenvalue weighted by molar-refractivity contribution is 0.211. The van der Waals surface area contributed by atoms with Gasteiger partial charge in [0.15, 0.2) is 11.6 Å². The van der Waals surface area contributed by atoms with Crippen molar-refractivity contribution in [2.45, 2.75) is 12.3 Å². The SMILES string of the molecule is COc1ccc(C2CC2(CN)CO)cc1F. The minimum absolute atomic E-state index is 0.0574. The maximum absolute atomic E-state index is 13.5. The summed E-state index contributed by atoms with van der Waals surface area (Å²) in [7, 11) is 1.44. The summed E-state index contributed by atoms with van der Waals surface area (Å²) in [6.45, 7) is 0.490. The van der Waals surface area contributed by atoms with Gasteiger partial charge in [-0.2, -0.15) is 0 Å². The summed E-state index contributed by atoms with van der Waals surface area (Å²) in [5.41, 5.74) is 6.27. The molecule has 2 rings (SSSR count). The van der Waals surface area contributed by atoms with E-state index in [1.54, 1.807) is 6.07 Å². The molecule has 3 nitrogen and oxygen atoms in total. The van der Waals surface area contributed by atoms with Crippen LogP contribution in [0.5, 0.6) is 5.75 Å². The van der Waals surface area contributed by atoms with E-state index >= 15 is 0 Å². The molecule has 16 heavy (non-hydrogen) atoms. The van der Waals surface area contributed by atoms with E-state index < -0.39 is 0 Å². The molecule has 0 amide bonds. The van der Waals surface area contributed by atoms with Crippen molar-refractivity contribution in [2.24, 2.45) is 11.1 Å². The maximum atomic E-state index is 13.5. The molecule has 2 unspecified atom stereocenters. The molecule has 0 spiro atoms. The van der Waals surface area contributed by atoms with Crippen molar-refractivity contribution < 1.29 is 14.2 Å². The van der Waals surface area contributed by atoms with Crippen LogP contribution in [0.1, 0.15) is 17.9 Å². The monoisotopic (exact) mass is 225 g/mol. The summed E-state index contributed by atoms with van der Waals surface area (Å²) in [4.78, 5) is 0. The zero-order valence-electron chi connectivity index (χ0n) is 9.24. The van der Waals surface area contributed by atoms with Crippen LogP contribution in [0.2, 0.25) is 0 Å². The normalized spacial score (nSPS) is 27.9. The third-order valence-corrected chi connectivity index (χ3v) is 3.49. The Morgan fingerprint density at radius 2 is 2.38 bits per heavy atom. The topological polar surface area (TPSA) is 55.5 Å². The van der Waals surface area contributed by atoms with Crippen molar-refractivity contribution in [3.05, 3.63) is 29.6 Å². The van der Waals surface area contributed by atoms with Crippen LogP contribution in [-0.2, 0) is 0 Å². The van der Waals surface area contributed by atoms with Gasteiger partial charge in [0.1, 0.15) is 0 Å². The molecule has 0 aliphatic heterocycles. The molecule has 1 fully saturated rings. The fourth-order valence-corrected chi connectivity index (χ4v) is 2.18. The van der Waals surface area contributed by atoms with Gasteiger partial charge in [-0.25, -0.2) is 4.39 Å². The average molecular weight is 225 g/mol. The lowest BCUT2D eigenvalue weighted by atomic mass is 10.00. The lowest BCUT2D eigenvalue weighted by Crippen LogP contribution is -2.21. The highest BCUT2D eigenvalue weighted by molar-refractivity contribution is 5.36. The largest absolute Gasteiger partial charge is 0.494 e. The first-order chi connectivity index (χ1) is 7.66. The standard InChI is InChI=1S/C12H16FNO2/c1-16-11-3-2-8(4-10(11)13)9-5-12(9,6-14)7-15/h2-4,9,15H,5-7,14H2,1H3. The quantitative estimate of drug-likeness (QED) is 0.811. The van der Waals surface area contributed by atoms with Crippen molar-refractivity contribution in [2.75, 3.05) is 20.3 Å². The number of ether oxygens (including phenoxy) is 1. The second-order valence-electron chi connectivity index (χ2n) is 4.38. The Hall–Kier alpha value is -1.13. The van der Waals surface area contributed by atoms with Gasteiger partial charge in [0.2, 0.25) is 0 Å². The van der Waals surface area contributed by atoms with Crippen LogP contribution >= 0.6 is 0 Å². The molecule has 4 heteroatoms. The Morgan fingerprint density at radius 1 is 1.62 bits per heavy atom. The number of hydrogen-bond donors (Lipinski definition) is 2. The highest BCUT2D eigenvalue weighted by Crippen LogP contribution is 2.58. The van der Waals surface area contributed by atoms with E-state index in [9.17, 15) is 9.50 Å². The van der Waals surface area contributed by atoms with E-state index in [-0.39, 0.29) is 29.5 Å². The zero-order chi connectivity index (χ0) is 11.8. The third-order valence-electron chi connectivity index (χ3n) is 3.49. The Kier molecular flexibility index (Phi) is 2.86. The fourth-order valence-electron chi connectivity index (χ4n) is 2.18. The van der Waals surface area contributed by atoms with Crippen LogP contribution in [0, 0.1) is 11.2 Å². The van der Waals surface area contributed by atoms with E-state index in [0.29, 0.717) is 6.54 Å². The molecule has 88 valence electrons. The molecular formula is C12H16FNO2. The van der Waals surface area contributed by atoms with Gasteiger partial charge in [0, 0.05) is 12.0 Å².